The Morgan fingerprint density at radius 3 is 2.67 bits per heavy atom. The van der Waals surface area contributed by atoms with E-state index in [0.29, 0.717) is 0 Å². The van der Waals surface area contributed by atoms with Crippen LogP contribution in [-0.4, -0.2) is 21.9 Å². The van der Waals surface area contributed by atoms with Crippen molar-refractivity contribution in [2.45, 2.75) is 6.92 Å². The molecule has 0 aliphatic rings. The number of ether oxygens (including phenoxy) is 1. The number of pyridine rings is 1. The third-order valence-corrected chi connectivity index (χ3v) is 4.03. The van der Waals surface area contributed by atoms with Crippen molar-refractivity contribution in [2.75, 3.05) is 7.11 Å². The van der Waals surface area contributed by atoms with Gasteiger partial charge in [-0.15, -0.1) is 0 Å². The number of methoxy groups -OCH3 is 1. The van der Waals surface area contributed by atoms with E-state index in [4.69, 9.17) is 9.84 Å². The van der Waals surface area contributed by atoms with Gasteiger partial charge < -0.3 is 4.74 Å². The summed E-state index contributed by atoms with van der Waals surface area (Å²) in [5.74, 6) is 0.814. The minimum atomic E-state index is 0.814. The van der Waals surface area contributed by atoms with Gasteiger partial charge in [0.25, 0.3) is 0 Å². The van der Waals surface area contributed by atoms with Crippen LogP contribution in [0.15, 0.2) is 66.9 Å². The Morgan fingerprint density at radius 2 is 1.83 bits per heavy atom. The maximum atomic E-state index is 5.35. The highest BCUT2D eigenvalue weighted by Gasteiger charge is 2.14. The second-order valence-corrected chi connectivity index (χ2v) is 5.71. The molecule has 2 aromatic heterocycles. The molecule has 24 heavy (non-hydrogen) atoms. The number of aromatic nitrogens is 3. The second-order valence-electron chi connectivity index (χ2n) is 5.71. The van der Waals surface area contributed by atoms with Gasteiger partial charge in [-0.05, 0) is 48.9 Å². The summed E-state index contributed by atoms with van der Waals surface area (Å²) >= 11 is 0. The molecule has 0 spiro atoms. The van der Waals surface area contributed by atoms with Gasteiger partial charge in [-0.3, -0.25) is 0 Å². The lowest BCUT2D eigenvalue weighted by Gasteiger charge is -2.03. The SMILES string of the molecule is COc1cccc(-c2nn(-c3cccc(C)c3)c3ncccc23)c1. The van der Waals surface area contributed by atoms with Crippen LogP contribution in [0.25, 0.3) is 28.0 Å². The Morgan fingerprint density at radius 1 is 0.958 bits per heavy atom. The first kappa shape index (κ1) is 14.5. The van der Waals surface area contributed by atoms with Gasteiger partial charge in [-0.1, -0.05) is 24.3 Å². The first-order valence-electron chi connectivity index (χ1n) is 7.81. The van der Waals surface area contributed by atoms with Crippen molar-refractivity contribution in [3.05, 3.63) is 72.4 Å². The minimum absolute atomic E-state index is 0.814. The molecule has 0 amide bonds. The Hall–Kier alpha value is -3.14. The fourth-order valence-electron chi connectivity index (χ4n) is 2.88. The van der Waals surface area contributed by atoms with Crippen molar-refractivity contribution < 1.29 is 4.74 Å². The number of rotatable bonds is 3. The molecule has 4 nitrogen and oxygen atoms in total. The summed E-state index contributed by atoms with van der Waals surface area (Å²) in [4.78, 5) is 4.55. The first-order chi connectivity index (χ1) is 11.8. The number of hydrogen-bond donors (Lipinski definition) is 0. The van der Waals surface area contributed by atoms with E-state index < -0.39 is 0 Å². The molecule has 0 atom stereocenters. The van der Waals surface area contributed by atoms with E-state index in [2.05, 4.69) is 30.1 Å². The fourth-order valence-corrected chi connectivity index (χ4v) is 2.88. The van der Waals surface area contributed by atoms with E-state index in [1.54, 1.807) is 13.3 Å². The highest BCUT2D eigenvalue weighted by atomic mass is 16.5. The molecule has 0 aliphatic heterocycles. The topological polar surface area (TPSA) is 39.9 Å². The maximum Gasteiger partial charge on any atom is 0.163 e. The molecule has 2 heterocycles. The largest absolute Gasteiger partial charge is 0.497 e. The second kappa shape index (κ2) is 5.81. The van der Waals surface area contributed by atoms with Gasteiger partial charge in [-0.25, -0.2) is 9.67 Å². The average Bonchev–Trinajstić information content (AvgIpc) is 3.01. The average molecular weight is 315 g/mol. The zero-order chi connectivity index (χ0) is 16.5. The molecular weight excluding hydrogens is 298 g/mol. The Bertz CT molecular complexity index is 1020. The summed E-state index contributed by atoms with van der Waals surface area (Å²) in [5, 5.41) is 5.87. The molecule has 0 unspecified atom stereocenters. The molecule has 118 valence electrons. The zero-order valence-corrected chi connectivity index (χ0v) is 13.6. The molecule has 0 bridgehead atoms. The molecule has 0 N–H and O–H groups in total. The summed E-state index contributed by atoms with van der Waals surface area (Å²) in [7, 11) is 1.67. The third-order valence-electron chi connectivity index (χ3n) is 4.03. The third kappa shape index (κ3) is 2.42. The van der Waals surface area contributed by atoms with Crippen LogP contribution in [0.5, 0.6) is 5.75 Å². The molecule has 0 radical (unpaired) electrons. The Labute approximate surface area is 140 Å². The molecular formula is C20H17N3O. The molecule has 0 saturated carbocycles. The summed E-state index contributed by atoms with van der Waals surface area (Å²) in [6.07, 6.45) is 1.80. The molecule has 0 saturated heterocycles. The lowest BCUT2D eigenvalue weighted by Crippen LogP contribution is -1.98. The maximum absolute atomic E-state index is 5.35. The smallest absolute Gasteiger partial charge is 0.163 e. The van der Waals surface area contributed by atoms with E-state index in [1.165, 1.54) is 5.56 Å². The molecule has 4 heteroatoms. The summed E-state index contributed by atoms with van der Waals surface area (Å²) in [6, 6.07) is 20.2. The Kier molecular flexibility index (Phi) is 3.50. The van der Waals surface area contributed by atoms with Crippen molar-refractivity contribution >= 4 is 11.0 Å². The van der Waals surface area contributed by atoms with Crippen molar-refractivity contribution in [2.24, 2.45) is 0 Å². The minimum Gasteiger partial charge on any atom is -0.497 e. The molecule has 0 fully saturated rings. The van der Waals surface area contributed by atoms with E-state index >= 15 is 0 Å². The van der Waals surface area contributed by atoms with Gasteiger partial charge in [0.1, 0.15) is 11.4 Å². The van der Waals surface area contributed by atoms with Crippen molar-refractivity contribution in [1.29, 1.82) is 0 Å². The molecule has 4 rings (SSSR count). The number of nitrogens with zero attached hydrogens (tertiary/aromatic N) is 3. The number of aryl methyl sites for hydroxylation is 1. The first-order valence-corrected chi connectivity index (χ1v) is 7.81. The van der Waals surface area contributed by atoms with Crippen molar-refractivity contribution in [1.82, 2.24) is 14.8 Å². The number of fused-ring (bicyclic) bond motifs is 1. The number of hydrogen-bond acceptors (Lipinski definition) is 3. The fraction of sp³-hybridized carbons (Fsp3) is 0.100. The molecule has 2 aromatic carbocycles. The molecule has 4 aromatic rings. The monoisotopic (exact) mass is 315 g/mol. The van der Waals surface area contributed by atoms with Crippen LogP contribution >= 0.6 is 0 Å². The van der Waals surface area contributed by atoms with Gasteiger partial charge in [0.05, 0.1) is 12.8 Å². The lowest BCUT2D eigenvalue weighted by atomic mass is 10.1. The van der Waals surface area contributed by atoms with Crippen LogP contribution in [0.2, 0.25) is 0 Å². The standard InChI is InChI=1S/C20H17N3O/c1-14-6-3-8-16(12-14)23-20-18(10-5-11-21-20)19(22-23)15-7-4-9-17(13-15)24-2/h3-13H,1-2H3. The van der Waals surface area contributed by atoms with Gasteiger partial charge in [0.2, 0.25) is 0 Å². The van der Waals surface area contributed by atoms with Gasteiger partial charge in [0.15, 0.2) is 5.65 Å². The normalized spacial score (nSPS) is 10.9. The van der Waals surface area contributed by atoms with Gasteiger partial charge in [-0.2, -0.15) is 5.10 Å². The van der Waals surface area contributed by atoms with Crippen LogP contribution in [0.1, 0.15) is 5.56 Å². The predicted molar refractivity (Wildman–Crippen MR) is 95.6 cm³/mol. The van der Waals surface area contributed by atoms with E-state index in [9.17, 15) is 0 Å². The van der Waals surface area contributed by atoms with Crippen LogP contribution in [0, 0.1) is 6.92 Å². The van der Waals surface area contributed by atoms with Crippen molar-refractivity contribution in [3.63, 3.8) is 0 Å². The van der Waals surface area contributed by atoms with Crippen LogP contribution in [0.4, 0.5) is 0 Å². The zero-order valence-electron chi connectivity index (χ0n) is 13.6. The summed E-state index contributed by atoms with van der Waals surface area (Å²) < 4.78 is 7.25. The molecule has 0 aliphatic carbocycles. The van der Waals surface area contributed by atoms with Crippen LogP contribution in [-0.2, 0) is 0 Å². The van der Waals surface area contributed by atoms with Crippen LogP contribution < -0.4 is 4.74 Å². The predicted octanol–water partition coefficient (Wildman–Crippen LogP) is 4.40. The lowest BCUT2D eigenvalue weighted by molar-refractivity contribution is 0.415. The van der Waals surface area contributed by atoms with Gasteiger partial charge in [0, 0.05) is 17.1 Å². The summed E-state index contributed by atoms with van der Waals surface area (Å²) in [6.45, 7) is 2.07. The van der Waals surface area contributed by atoms with E-state index in [-0.39, 0.29) is 0 Å². The highest BCUT2D eigenvalue weighted by molar-refractivity contribution is 5.92. The van der Waals surface area contributed by atoms with Gasteiger partial charge >= 0.3 is 0 Å². The van der Waals surface area contributed by atoms with E-state index in [1.807, 2.05) is 47.1 Å². The van der Waals surface area contributed by atoms with E-state index in [0.717, 1.165) is 33.7 Å². The number of benzene rings is 2. The van der Waals surface area contributed by atoms with Crippen LogP contribution in [0.3, 0.4) is 0 Å². The van der Waals surface area contributed by atoms with Crippen molar-refractivity contribution in [3.8, 4) is 22.7 Å². The highest BCUT2D eigenvalue weighted by Crippen LogP contribution is 2.30. The Balaban J connectivity index is 1.97. The quantitative estimate of drug-likeness (QED) is 0.562. The summed E-state index contributed by atoms with van der Waals surface area (Å²) in [5.41, 5.74) is 4.96.